The number of nitrogen functional groups attached to an aromatic ring is 1. The number of nitrogens with two attached hydrogens (primary N) is 1. The highest BCUT2D eigenvalue weighted by atomic mass is 79.9. The second-order valence-corrected chi connectivity index (χ2v) is 15.2. The minimum atomic E-state index is -0.838. The number of aromatic nitrogens is 8. The van der Waals surface area contributed by atoms with Crippen molar-refractivity contribution in [2.45, 2.75) is 100 Å². The molecule has 5 aromatic heterocycles. The van der Waals surface area contributed by atoms with E-state index < -0.39 is 11.2 Å². The second kappa shape index (κ2) is 12.9. The highest BCUT2D eigenvalue weighted by Crippen LogP contribution is 2.45. The van der Waals surface area contributed by atoms with Crippen molar-refractivity contribution in [3.63, 3.8) is 0 Å². The number of aromatic amines is 1. The molecular weight excluding hydrogens is 716 g/mol. The molecule has 51 heavy (non-hydrogen) atoms. The molecule has 2 saturated heterocycles. The average molecular weight is 756 g/mol. The summed E-state index contributed by atoms with van der Waals surface area (Å²) in [5.74, 6) is 0.153. The zero-order valence-corrected chi connectivity index (χ0v) is 29.8. The van der Waals surface area contributed by atoms with Gasteiger partial charge in [-0.3, -0.25) is 24.7 Å². The van der Waals surface area contributed by atoms with Gasteiger partial charge in [-0.05, 0) is 105 Å². The van der Waals surface area contributed by atoms with E-state index in [1.54, 1.807) is 18.6 Å². The molecule has 7 heterocycles. The van der Waals surface area contributed by atoms with E-state index in [-0.39, 0.29) is 41.3 Å². The Morgan fingerprint density at radius 3 is 2.08 bits per heavy atom. The van der Waals surface area contributed by atoms with Crippen LogP contribution in [0, 0.1) is 0 Å². The fraction of sp³-hybridized carbons (Fsp3) is 0.444. The molecule has 14 nitrogen and oxygen atoms in total. The lowest BCUT2D eigenvalue weighted by molar-refractivity contribution is -0.0429. The number of amides is 1. The molecule has 15 heteroatoms. The van der Waals surface area contributed by atoms with Crippen molar-refractivity contribution in [3.8, 4) is 11.1 Å². The lowest BCUT2D eigenvalue weighted by Gasteiger charge is -2.38. The fourth-order valence-corrected chi connectivity index (χ4v) is 8.31. The summed E-state index contributed by atoms with van der Waals surface area (Å²) in [5, 5.41) is 31.5. The first-order valence-electron chi connectivity index (χ1n) is 17.4. The van der Waals surface area contributed by atoms with Crippen LogP contribution in [-0.2, 0) is 11.2 Å². The summed E-state index contributed by atoms with van der Waals surface area (Å²) >= 11 is 3.31. The number of H-pyrrole nitrogens is 1. The summed E-state index contributed by atoms with van der Waals surface area (Å²) < 4.78 is 2.47. The van der Waals surface area contributed by atoms with Crippen molar-refractivity contribution in [1.82, 2.24) is 44.6 Å². The smallest absolute Gasteiger partial charge is 0.291 e. The first-order valence-corrected chi connectivity index (χ1v) is 18.2. The number of halogens is 1. The van der Waals surface area contributed by atoms with Gasteiger partial charge in [0.15, 0.2) is 11.4 Å². The molecule has 5 N–H and O–H groups in total. The molecule has 1 unspecified atom stereocenters. The summed E-state index contributed by atoms with van der Waals surface area (Å²) in [7, 11) is 0. The highest BCUT2D eigenvalue weighted by molar-refractivity contribution is 9.10. The van der Waals surface area contributed by atoms with Gasteiger partial charge in [-0.1, -0.05) is 6.07 Å². The minimum absolute atomic E-state index is 0.0174. The summed E-state index contributed by atoms with van der Waals surface area (Å²) in [6, 6.07) is 7.60. The van der Waals surface area contributed by atoms with Gasteiger partial charge in [0, 0.05) is 46.0 Å². The van der Waals surface area contributed by atoms with Crippen LogP contribution in [-0.4, -0.2) is 78.6 Å². The van der Waals surface area contributed by atoms with E-state index in [9.17, 15) is 19.8 Å². The number of pyridine rings is 2. The van der Waals surface area contributed by atoms with Crippen LogP contribution in [0.1, 0.15) is 115 Å². The van der Waals surface area contributed by atoms with E-state index in [1.807, 2.05) is 29.2 Å². The summed E-state index contributed by atoms with van der Waals surface area (Å²) in [6.07, 6.45) is 14.8. The Balaban J connectivity index is 0.000000263. The van der Waals surface area contributed by atoms with Gasteiger partial charge in [-0.25, -0.2) is 9.97 Å². The number of fused-ring (bicyclic) bond motifs is 3. The molecule has 0 aromatic carbocycles. The molecule has 4 aliphatic rings. The summed E-state index contributed by atoms with van der Waals surface area (Å²) in [6.45, 7) is 1.50. The number of hydrogen-bond acceptors (Lipinski definition) is 11. The number of aliphatic hydroxyl groups is 2. The van der Waals surface area contributed by atoms with E-state index in [4.69, 9.17) is 10.7 Å². The van der Waals surface area contributed by atoms with Gasteiger partial charge in [-0.2, -0.15) is 14.7 Å². The third-order valence-corrected chi connectivity index (χ3v) is 11.6. The van der Waals surface area contributed by atoms with Crippen LogP contribution in [0.3, 0.4) is 0 Å². The van der Waals surface area contributed by atoms with Crippen LogP contribution >= 0.6 is 15.9 Å². The molecular formula is C36H39BrN10O4. The largest absolute Gasteiger partial charge is 0.384 e. The number of carbonyl (C=O) groups is 2. The first kappa shape index (κ1) is 33.5. The van der Waals surface area contributed by atoms with Gasteiger partial charge in [-0.15, -0.1) is 0 Å². The van der Waals surface area contributed by atoms with Crippen LogP contribution in [0.15, 0.2) is 53.7 Å². The number of hydrogen-bond donors (Lipinski definition) is 4. The first-order chi connectivity index (χ1) is 24.5. The fourth-order valence-electron chi connectivity index (χ4n) is 8.07. The Hall–Kier alpha value is -4.60. The monoisotopic (exact) mass is 754 g/mol. The number of carbonyl (C=O) groups excluding carboxylic acids is 2. The molecule has 264 valence electrons. The van der Waals surface area contributed by atoms with Gasteiger partial charge in [0.05, 0.1) is 28.8 Å². The van der Waals surface area contributed by atoms with Crippen molar-refractivity contribution in [2.24, 2.45) is 0 Å². The molecule has 2 aliphatic heterocycles. The Kier molecular flexibility index (Phi) is 8.46. The molecule has 2 bridgehead atoms. The number of nitrogens with zero attached hydrogens (tertiary/aromatic N) is 8. The normalized spacial score (nSPS) is 22.8. The van der Waals surface area contributed by atoms with Crippen molar-refractivity contribution < 1.29 is 19.8 Å². The number of Topliss-reactive ketones (excluding diaryl/α,β-unsaturated/α-hetero) is 1. The average Bonchev–Trinajstić information content (AvgIpc) is 3.85. The molecule has 0 radical (unpaired) electrons. The topological polar surface area (TPSA) is 201 Å². The van der Waals surface area contributed by atoms with Crippen molar-refractivity contribution in [2.75, 3.05) is 5.73 Å². The number of ketones is 1. The highest BCUT2D eigenvalue weighted by Gasteiger charge is 2.46. The van der Waals surface area contributed by atoms with Gasteiger partial charge in [0.1, 0.15) is 23.3 Å². The second-order valence-electron chi connectivity index (χ2n) is 14.3. The van der Waals surface area contributed by atoms with E-state index in [2.05, 4.69) is 46.2 Å². The number of rotatable bonds is 6. The Morgan fingerprint density at radius 1 is 0.922 bits per heavy atom. The number of anilines is 1. The Bertz CT molecular complexity index is 2080. The lowest BCUT2D eigenvalue weighted by Crippen LogP contribution is -2.46. The predicted molar refractivity (Wildman–Crippen MR) is 189 cm³/mol. The lowest BCUT2D eigenvalue weighted by atomic mass is 9.77. The third kappa shape index (κ3) is 5.90. The Morgan fingerprint density at radius 2 is 1.57 bits per heavy atom. The molecule has 2 saturated carbocycles. The standard InChI is InChI=1S/C27H29N9O3.C9H10BrNO/c1-14(37)21-22(16-9-17-4-5-18(10-16)35(17)26(38)24-30-13-31-34-24)33-25-19(12-32-36(25)23(21)28)15-3-6-20(29-11-15)27(39)7-2-8-27;10-7-2-3-8(11-6-7)9(12)4-1-5-9/h3,6,11-13,16-18,39H,2,4-5,7-10,28H2,1H3,(H,30,31,34);2-3,6,12H,1,4-5H2/t16?,17-,18+;. The maximum Gasteiger partial charge on any atom is 0.291 e. The van der Waals surface area contributed by atoms with Gasteiger partial charge in [0.25, 0.3) is 5.91 Å². The van der Waals surface area contributed by atoms with Crippen LogP contribution in [0.25, 0.3) is 16.8 Å². The van der Waals surface area contributed by atoms with E-state index in [0.29, 0.717) is 35.4 Å². The molecule has 0 spiro atoms. The maximum atomic E-state index is 13.1. The number of piperidine rings is 1. The van der Waals surface area contributed by atoms with Gasteiger partial charge >= 0.3 is 0 Å². The predicted octanol–water partition coefficient (Wildman–Crippen LogP) is 4.83. The number of nitrogens with one attached hydrogen (secondary N) is 1. The van der Waals surface area contributed by atoms with Crippen molar-refractivity contribution in [1.29, 1.82) is 0 Å². The van der Waals surface area contributed by atoms with E-state index >= 15 is 0 Å². The van der Waals surface area contributed by atoms with E-state index in [0.717, 1.165) is 72.7 Å². The Labute approximate surface area is 302 Å². The third-order valence-electron chi connectivity index (χ3n) is 11.2. The van der Waals surface area contributed by atoms with E-state index in [1.165, 1.54) is 17.8 Å². The molecule has 4 fully saturated rings. The van der Waals surface area contributed by atoms with Crippen molar-refractivity contribution >= 4 is 39.1 Å². The quantitative estimate of drug-likeness (QED) is 0.173. The SMILES string of the molecule is CC(=O)c1c(C2C[C@H]3CC[C@@H](C2)N3C(=O)c2ncn[nH]2)nc2c(-c3ccc(C4(O)CCC4)nc3)cnn2c1N.OC1(c2ccc(Br)cn2)CCC1. The molecule has 1 amide bonds. The van der Waals surface area contributed by atoms with Crippen LogP contribution in [0.5, 0.6) is 0 Å². The van der Waals surface area contributed by atoms with Crippen LogP contribution in [0.4, 0.5) is 5.82 Å². The van der Waals surface area contributed by atoms with Crippen LogP contribution < -0.4 is 5.73 Å². The van der Waals surface area contributed by atoms with Gasteiger partial charge in [0.2, 0.25) is 5.82 Å². The van der Waals surface area contributed by atoms with Gasteiger partial charge < -0.3 is 20.8 Å². The molecule has 9 rings (SSSR count). The minimum Gasteiger partial charge on any atom is -0.384 e. The molecule has 2 aliphatic carbocycles. The zero-order valence-electron chi connectivity index (χ0n) is 28.2. The van der Waals surface area contributed by atoms with Crippen molar-refractivity contribution in [3.05, 3.63) is 82.1 Å². The maximum absolute atomic E-state index is 13.1. The molecule has 3 atom stereocenters. The molecule has 5 aromatic rings. The summed E-state index contributed by atoms with van der Waals surface area (Å²) in [5.41, 5.74) is 9.72. The van der Waals surface area contributed by atoms with Crippen LogP contribution in [0.2, 0.25) is 0 Å². The zero-order chi connectivity index (χ0) is 35.5. The summed E-state index contributed by atoms with van der Waals surface area (Å²) in [4.78, 5) is 45.7.